The van der Waals surface area contributed by atoms with Crippen LogP contribution in [0.2, 0.25) is 0 Å². The summed E-state index contributed by atoms with van der Waals surface area (Å²) in [6.45, 7) is 15.4. The number of methoxy groups -OCH3 is 2. The summed E-state index contributed by atoms with van der Waals surface area (Å²) >= 11 is 0. The molecule has 0 saturated carbocycles. The highest BCUT2D eigenvalue weighted by Crippen LogP contribution is 2.47. The number of aliphatic hydroxyl groups excluding tert-OH is 1. The number of alkyl halides is 3. The van der Waals surface area contributed by atoms with E-state index in [4.69, 9.17) is 47.4 Å². The van der Waals surface area contributed by atoms with Gasteiger partial charge < -0.3 is 62.9 Å². The van der Waals surface area contributed by atoms with Crippen LogP contribution in [0.1, 0.15) is 93.9 Å². The van der Waals surface area contributed by atoms with Crippen LogP contribution in [0, 0.1) is 23.7 Å². The van der Waals surface area contributed by atoms with Crippen molar-refractivity contribution in [3.63, 3.8) is 0 Å². The third-order valence-electron chi connectivity index (χ3n) is 15.1. The SMILES string of the molecule is CCC(C)[C@H]1O[C@]2(C=C[C@@H]1C)C[C@@H]1C[C@@H](C/C=C(\C)[C@@H](O[C@H]3C[C@H](OC)[C@@H](O[C@H]4C[C@H](OC)[C@H](NC(=O)C(F)(F)F)[C@H](C)O4)[C@H](C)O3)[C@@H](C)/C=C/C=C3\CO[C@@H]4[C@H](O)C(C)=C[C@@H](C(=O)O1)[C@]34O)O2. The molecule has 0 aromatic rings. The Morgan fingerprint density at radius 1 is 0.941 bits per heavy atom. The van der Waals surface area contributed by atoms with Gasteiger partial charge in [0, 0.05) is 51.7 Å². The van der Waals surface area contributed by atoms with Crippen LogP contribution in [0.4, 0.5) is 13.2 Å². The van der Waals surface area contributed by atoms with Crippen molar-refractivity contribution in [2.24, 2.45) is 23.7 Å². The number of fused-ring (bicyclic) bond motifs is 2. The first kappa shape index (κ1) is 52.8. The van der Waals surface area contributed by atoms with E-state index in [0.29, 0.717) is 24.0 Å². The van der Waals surface area contributed by atoms with Crippen LogP contribution < -0.4 is 5.32 Å². The number of ether oxygens (including phenoxy) is 10. The second-order valence-corrected chi connectivity index (χ2v) is 20.0. The van der Waals surface area contributed by atoms with E-state index in [0.717, 1.165) is 12.0 Å². The van der Waals surface area contributed by atoms with Crippen LogP contribution >= 0.6 is 0 Å². The second-order valence-electron chi connectivity index (χ2n) is 20.0. The molecule has 0 radical (unpaired) electrons. The van der Waals surface area contributed by atoms with Gasteiger partial charge in [-0.05, 0) is 62.8 Å². The molecule has 0 aromatic carbocycles. The van der Waals surface area contributed by atoms with Crippen molar-refractivity contribution in [1.29, 1.82) is 0 Å². The number of hydrogen-bond donors (Lipinski definition) is 3. The minimum Gasteiger partial charge on any atom is -0.462 e. The summed E-state index contributed by atoms with van der Waals surface area (Å²) in [5, 5.41) is 25.7. The molecule has 68 heavy (non-hydrogen) atoms. The van der Waals surface area contributed by atoms with Gasteiger partial charge in [-0.15, -0.1) is 0 Å². The average Bonchev–Trinajstić information content (AvgIpc) is 3.63. The van der Waals surface area contributed by atoms with Crippen molar-refractivity contribution in [3.05, 3.63) is 59.3 Å². The number of esters is 1. The van der Waals surface area contributed by atoms with Gasteiger partial charge in [-0.3, -0.25) is 9.59 Å². The molecule has 3 N–H and O–H groups in total. The molecule has 4 saturated heterocycles. The molecule has 6 heterocycles. The number of aliphatic hydroxyl groups is 2. The third-order valence-corrected chi connectivity index (χ3v) is 15.1. The van der Waals surface area contributed by atoms with Crippen LogP contribution in [-0.2, 0) is 57.0 Å². The van der Waals surface area contributed by atoms with Crippen molar-refractivity contribution in [2.45, 2.75) is 197 Å². The van der Waals surface area contributed by atoms with E-state index in [9.17, 15) is 33.0 Å². The molecule has 382 valence electrons. The molecule has 4 fully saturated rings. The van der Waals surface area contributed by atoms with Crippen molar-refractivity contribution in [2.75, 3.05) is 20.8 Å². The Morgan fingerprint density at radius 3 is 2.32 bits per heavy atom. The third kappa shape index (κ3) is 11.1. The Balaban J connectivity index is 1.14. The molecule has 7 rings (SSSR count). The van der Waals surface area contributed by atoms with E-state index in [-0.39, 0.29) is 49.7 Å². The van der Waals surface area contributed by atoms with Crippen LogP contribution in [0.5, 0.6) is 0 Å². The summed E-state index contributed by atoms with van der Waals surface area (Å²) in [5.41, 5.74) is -0.0757. The minimum atomic E-state index is -5.07. The van der Waals surface area contributed by atoms with E-state index in [1.165, 1.54) is 7.11 Å². The number of nitrogens with one attached hydrogen (secondary N) is 1. The zero-order chi connectivity index (χ0) is 49.5. The fourth-order valence-corrected chi connectivity index (χ4v) is 11.0. The van der Waals surface area contributed by atoms with Gasteiger partial charge in [0.2, 0.25) is 0 Å². The maximum Gasteiger partial charge on any atom is 0.471 e. The van der Waals surface area contributed by atoms with Gasteiger partial charge in [0.25, 0.3) is 0 Å². The Morgan fingerprint density at radius 2 is 1.63 bits per heavy atom. The maximum absolute atomic E-state index is 14.4. The molecule has 1 spiro atoms. The largest absolute Gasteiger partial charge is 0.471 e. The smallest absolute Gasteiger partial charge is 0.462 e. The van der Waals surface area contributed by atoms with Gasteiger partial charge >= 0.3 is 18.1 Å². The number of carbonyl (C=O) groups excluding carboxylic acids is 2. The Labute approximate surface area is 397 Å². The number of amides is 1. The predicted octanol–water partition coefficient (Wildman–Crippen LogP) is 6.06. The molecular weight excluding hydrogens is 896 g/mol. The lowest BCUT2D eigenvalue weighted by atomic mass is 9.71. The fourth-order valence-electron chi connectivity index (χ4n) is 11.0. The molecule has 15 nitrogen and oxygen atoms in total. The molecule has 1 amide bonds. The molecule has 1 aliphatic carbocycles. The highest BCUT2D eigenvalue weighted by Gasteiger charge is 2.60. The number of hydrogen-bond acceptors (Lipinski definition) is 14. The number of rotatable bonds is 9. The topological polar surface area (TPSA) is 179 Å². The fraction of sp³-hybridized carbons (Fsp3) is 0.760. The van der Waals surface area contributed by atoms with E-state index in [1.807, 2.05) is 38.2 Å². The maximum atomic E-state index is 14.4. The standard InChI is InChI=1S/C50H72F3NO14/c1-11-25(2)43-28(5)17-18-48(68-43)23-34-20-33(67-48)16-15-27(4)42(26(3)13-12-14-32-24-61-45-41(55)29(6)19-35(46(56)64-34)49(32,45)58)65-39-22-37(60-10)44(31(8)63-39)66-38-21-36(59-9)40(30(7)62-38)54-47(57)50(51,52)53/h12-15,17-19,25-26,28,30-31,33-45,55,58H,11,16,20-24H2,1-10H3,(H,54,57)/b13-12+,27-15+,32-14+/t25?,26-,28-,30-,31-,33+,34-,35-,36-,37-,38-,39-,40+,41+,42-,43+,44-,45+,48+,49+/m0/s1. The molecule has 7 aliphatic rings. The minimum absolute atomic E-state index is 0.0153. The molecule has 2 bridgehead atoms. The zero-order valence-electron chi connectivity index (χ0n) is 40.8. The molecule has 0 aromatic heterocycles. The lowest BCUT2D eigenvalue weighted by Gasteiger charge is -2.48. The average molecular weight is 968 g/mol. The monoisotopic (exact) mass is 967 g/mol. The molecule has 18 heteroatoms. The molecule has 6 aliphatic heterocycles. The number of carbonyl (C=O) groups is 2. The summed E-state index contributed by atoms with van der Waals surface area (Å²) < 4.78 is 103. The quantitative estimate of drug-likeness (QED) is 0.179. The predicted molar refractivity (Wildman–Crippen MR) is 239 cm³/mol. The Kier molecular flexibility index (Phi) is 16.6. The number of allylic oxidation sites excluding steroid dienone is 2. The van der Waals surface area contributed by atoms with Gasteiger partial charge in [-0.25, -0.2) is 0 Å². The van der Waals surface area contributed by atoms with Crippen LogP contribution in [0.25, 0.3) is 0 Å². The van der Waals surface area contributed by atoms with E-state index < -0.39 is 115 Å². The second kappa shape index (κ2) is 21.4. The highest BCUT2D eigenvalue weighted by atomic mass is 19.4. The van der Waals surface area contributed by atoms with Crippen molar-refractivity contribution < 1.29 is 80.3 Å². The summed E-state index contributed by atoms with van der Waals surface area (Å²) in [6.07, 6.45) is 1.13. The van der Waals surface area contributed by atoms with Crippen LogP contribution in [0.3, 0.4) is 0 Å². The van der Waals surface area contributed by atoms with Crippen molar-refractivity contribution >= 4 is 11.9 Å². The van der Waals surface area contributed by atoms with Gasteiger partial charge in [0.05, 0.1) is 55.4 Å². The van der Waals surface area contributed by atoms with Crippen molar-refractivity contribution in [3.8, 4) is 0 Å². The summed E-state index contributed by atoms with van der Waals surface area (Å²) in [7, 11) is 2.90. The summed E-state index contributed by atoms with van der Waals surface area (Å²) in [5.74, 6) is -4.94. The van der Waals surface area contributed by atoms with E-state index in [1.54, 1.807) is 39.2 Å². The normalized spacial score (nSPS) is 46.0. The van der Waals surface area contributed by atoms with Gasteiger partial charge in [-0.2, -0.15) is 13.2 Å². The lowest BCUT2D eigenvalue weighted by molar-refractivity contribution is -0.312. The first-order valence-electron chi connectivity index (χ1n) is 24.2. The number of halogens is 3. The van der Waals surface area contributed by atoms with Gasteiger partial charge in [-0.1, -0.05) is 70.6 Å². The molecule has 1 unspecified atom stereocenters. The van der Waals surface area contributed by atoms with Crippen molar-refractivity contribution in [1.82, 2.24) is 5.32 Å². The van der Waals surface area contributed by atoms with Crippen LogP contribution in [0.15, 0.2) is 59.3 Å². The molecule has 20 atom stereocenters. The van der Waals surface area contributed by atoms with Gasteiger partial charge in [0.15, 0.2) is 18.4 Å². The lowest BCUT2D eigenvalue weighted by Crippen LogP contribution is -2.60. The Bertz CT molecular complexity index is 1960. The van der Waals surface area contributed by atoms with E-state index >= 15 is 0 Å². The van der Waals surface area contributed by atoms with Crippen LogP contribution in [-0.4, -0.2) is 146 Å². The molecular formula is C50H72F3NO14. The summed E-state index contributed by atoms with van der Waals surface area (Å²) in [4.78, 5) is 26.2. The first-order valence-corrected chi connectivity index (χ1v) is 24.2. The van der Waals surface area contributed by atoms with E-state index in [2.05, 4.69) is 32.9 Å². The highest BCUT2D eigenvalue weighted by molar-refractivity contribution is 5.82. The Hall–Kier alpha value is -3.01. The first-order chi connectivity index (χ1) is 32.1. The summed E-state index contributed by atoms with van der Waals surface area (Å²) in [6, 6.07) is -1.07. The zero-order valence-corrected chi connectivity index (χ0v) is 40.8. The van der Waals surface area contributed by atoms with Gasteiger partial charge in [0.1, 0.15) is 35.9 Å².